The van der Waals surface area contributed by atoms with Crippen LogP contribution in [0, 0.1) is 0 Å². The molecule has 0 aliphatic carbocycles. The second-order valence-electron chi connectivity index (χ2n) is 2.91. The molecule has 0 spiro atoms. The molecule has 0 aromatic rings. The molecular formula is C7H14O7. The van der Waals surface area contributed by atoms with Gasteiger partial charge < -0.3 is 30.6 Å². The zero-order valence-corrected chi connectivity index (χ0v) is 7.32. The minimum atomic E-state index is -2.11. The van der Waals surface area contributed by atoms with E-state index >= 15 is 0 Å². The van der Waals surface area contributed by atoms with Gasteiger partial charge in [-0.3, -0.25) is 0 Å². The Bertz CT molecular complexity index is 183. The standard InChI is InChI=1S/C7H14O7/c8-2-3(9)1-4(10)5(11)6(12)7(13)14/h3-6,8-12H,1-2H2,(H,13,14). The van der Waals surface area contributed by atoms with Gasteiger partial charge in [0.2, 0.25) is 0 Å². The molecule has 4 atom stereocenters. The molecule has 7 heteroatoms. The number of hydrogen-bond donors (Lipinski definition) is 6. The molecule has 14 heavy (non-hydrogen) atoms. The van der Waals surface area contributed by atoms with Crippen LogP contribution in [0.1, 0.15) is 6.42 Å². The normalized spacial score (nSPS) is 19.8. The van der Waals surface area contributed by atoms with Crippen LogP contribution in [0.15, 0.2) is 0 Å². The van der Waals surface area contributed by atoms with E-state index in [2.05, 4.69) is 0 Å². The van der Waals surface area contributed by atoms with Gasteiger partial charge in [0.25, 0.3) is 0 Å². The Morgan fingerprint density at radius 3 is 2.00 bits per heavy atom. The number of aliphatic carboxylic acids is 1. The predicted octanol–water partition coefficient (Wildman–Crippen LogP) is -3.10. The van der Waals surface area contributed by atoms with Crippen LogP contribution in [-0.2, 0) is 4.79 Å². The third-order valence-corrected chi connectivity index (χ3v) is 1.70. The lowest BCUT2D eigenvalue weighted by Crippen LogP contribution is -2.43. The average Bonchev–Trinajstić information content (AvgIpc) is 2.14. The number of rotatable bonds is 6. The van der Waals surface area contributed by atoms with Gasteiger partial charge in [-0.25, -0.2) is 4.79 Å². The zero-order valence-electron chi connectivity index (χ0n) is 7.32. The number of carboxylic acids is 1. The fraction of sp³-hybridized carbons (Fsp3) is 0.857. The highest BCUT2D eigenvalue weighted by atomic mass is 16.4. The van der Waals surface area contributed by atoms with Crippen molar-refractivity contribution in [2.45, 2.75) is 30.8 Å². The van der Waals surface area contributed by atoms with E-state index in [-0.39, 0.29) is 0 Å². The number of carboxylic acid groups (broad SMARTS) is 1. The lowest BCUT2D eigenvalue weighted by Gasteiger charge is -2.21. The van der Waals surface area contributed by atoms with Crippen LogP contribution in [0.25, 0.3) is 0 Å². The number of aliphatic hydroxyl groups is 5. The van der Waals surface area contributed by atoms with E-state index < -0.39 is 43.4 Å². The topological polar surface area (TPSA) is 138 Å². The first-order valence-electron chi connectivity index (χ1n) is 3.96. The molecule has 0 radical (unpaired) electrons. The van der Waals surface area contributed by atoms with Crippen molar-refractivity contribution in [3.05, 3.63) is 0 Å². The van der Waals surface area contributed by atoms with Gasteiger partial charge in [-0.2, -0.15) is 0 Å². The summed E-state index contributed by atoms with van der Waals surface area (Å²) in [7, 11) is 0. The maximum Gasteiger partial charge on any atom is 0.335 e. The quantitative estimate of drug-likeness (QED) is 0.273. The summed E-state index contributed by atoms with van der Waals surface area (Å²) in [6.45, 7) is -0.618. The summed E-state index contributed by atoms with van der Waals surface area (Å²) in [5.41, 5.74) is 0. The molecule has 4 unspecified atom stereocenters. The predicted molar refractivity (Wildman–Crippen MR) is 43.4 cm³/mol. The van der Waals surface area contributed by atoms with E-state index in [1.54, 1.807) is 0 Å². The molecule has 7 nitrogen and oxygen atoms in total. The highest BCUT2D eigenvalue weighted by Gasteiger charge is 2.30. The van der Waals surface area contributed by atoms with Crippen molar-refractivity contribution in [2.75, 3.05) is 6.61 Å². The Hall–Kier alpha value is -0.730. The molecule has 84 valence electrons. The van der Waals surface area contributed by atoms with Crippen molar-refractivity contribution in [1.82, 2.24) is 0 Å². The molecule has 0 amide bonds. The summed E-state index contributed by atoms with van der Waals surface area (Å²) >= 11 is 0. The molecule has 0 aliphatic rings. The van der Waals surface area contributed by atoms with E-state index in [0.717, 1.165) is 0 Å². The lowest BCUT2D eigenvalue weighted by molar-refractivity contribution is -0.159. The third kappa shape index (κ3) is 3.99. The van der Waals surface area contributed by atoms with Crippen molar-refractivity contribution in [1.29, 1.82) is 0 Å². The van der Waals surface area contributed by atoms with Gasteiger partial charge in [-0.1, -0.05) is 0 Å². The molecule has 0 aromatic carbocycles. The van der Waals surface area contributed by atoms with E-state index in [1.165, 1.54) is 0 Å². The Kier molecular flexibility index (Phi) is 5.58. The Morgan fingerprint density at radius 1 is 1.14 bits per heavy atom. The molecule has 0 bridgehead atoms. The monoisotopic (exact) mass is 210 g/mol. The first kappa shape index (κ1) is 13.3. The van der Waals surface area contributed by atoms with E-state index in [9.17, 15) is 4.79 Å². The Labute approximate surface area is 79.9 Å². The Morgan fingerprint density at radius 2 is 1.64 bits per heavy atom. The van der Waals surface area contributed by atoms with Gasteiger partial charge in [0.1, 0.15) is 6.10 Å². The Balaban J connectivity index is 4.10. The van der Waals surface area contributed by atoms with Crippen LogP contribution < -0.4 is 0 Å². The van der Waals surface area contributed by atoms with Gasteiger partial charge in [0.15, 0.2) is 6.10 Å². The zero-order chi connectivity index (χ0) is 11.3. The molecular weight excluding hydrogens is 196 g/mol. The van der Waals surface area contributed by atoms with Crippen molar-refractivity contribution >= 4 is 5.97 Å². The molecule has 0 rings (SSSR count). The van der Waals surface area contributed by atoms with Gasteiger partial charge in [-0.05, 0) is 0 Å². The van der Waals surface area contributed by atoms with Crippen molar-refractivity contribution in [2.24, 2.45) is 0 Å². The van der Waals surface area contributed by atoms with Crippen molar-refractivity contribution in [3.63, 3.8) is 0 Å². The summed E-state index contributed by atoms with van der Waals surface area (Å²) in [4.78, 5) is 10.2. The largest absolute Gasteiger partial charge is 0.479 e. The fourth-order valence-corrected chi connectivity index (χ4v) is 0.849. The van der Waals surface area contributed by atoms with Crippen LogP contribution in [-0.4, -0.2) is 67.6 Å². The second kappa shape index (κ2) is 5.89. The molecule has 0 aromatic heterocycles. The van der Waals surface area contributed by atoms with Crippen LogP contribution in [0.3, 0.4) is 0 Å². The maximum atomic E-state index is 10.2. The first-order chi connectivity index (χ1) is 6.40. The van der Waals surface area contributed by atoms with Crippen LogP contribution in [0.5, 0.6) is 0 Å². The highest BCUT2D eigenvalue weighted by Crippen LogP contribution is 2.07. The summed E-state index contributed by atoms with van der Waals surface area (Å²) in [5, 5.41) is 52.4. The van der Waals surface area contributed by atoms with E-state index in [0.29, 0.717) is 0 Å². The molecule has 0 saturated carbocycles. The van der Waals surface area contributed by atoms with E-state index in [4.69, 9.17) is 30.6 Å². The second-order valence-corrected chi connectivity index (χ2v) is 2.91. The van der Waals surface area contributed by atoms with Crippen LogP contribution in [0.4, 0.5) is 0 Å². The highest BCUT2D eigenvalue weighted by molar-refractivity contribution is 5.72. The maximum absolute atomic E-state index is 10.2. The number of aliphatic hydroxyl groups excluding tert-OH is 5. The molecule has 0 aliphatic heterocycles. The van der Waals surface area contributed by atoms with Gasteiger partial charge in [0, 0.05) is 6.42 Å². The molecule has 0 heterocycles. The van der Waals surface area contributed by atoms with Gasteiger partial charge in [-0.15, -0.1) is 0 Å². The van der Waals surface area contributed by atoms with Crippen molar-refractivity contribution in [3.8, 4) is 0 Å². The lowest BCUT2D eigenvalue weighted by atomic mass is 10.0. The van der Waals surface area contributed by atoms with Gasteiger partial charge in [0.05, 0.1) is 18.8 Å². The smallest absolute Gasteiger partial charge is 0.335 e. The molecule has 6 N–H and O–H groups in total. The third-order valence-electron chi connectivity index (χ3n) is 1.70. The van der Waals surface area contributed by atoms with Crippen molar-refractivity contribution < 1.29 is 35.4 Å². The van der Waals surface area contributed by atoms with E-state index in [1.807, 2.05) is 0 Å². The number of hydrogen-bond acceptors (Lipinski definition) is 6. The fourth-order valence-electron chi connectivity index (χ4n) is 0.849. The number of carbonyl (C=O) groups is 1. The summed E-state index contributed by atoms with van der Waals surface area (Å²) in [6.07, 6.45) is -7.30. The first-order valence-corrected chi connectivity index (χ1v) is 3.96. The molecule has 0 saturated heterocycles. The summed E-state index contributed by atoms with van der Waals surface area (Å²) < 4.78 is 0. The van der Waals surface area contributed by atoms with Crippen LogP contribution >= 0.6 is 0 Å². The van der Waals surface area contributed by atoms with Crippen LogP contribution in [0.2, 0.25) is 0 Å². The van der Waals surface area contributed by atoms with Gasteiger partial charge >= 0.3 is 5.97 Å². The average molecular weight is 210 g/mol. The SMILES string of the molecule is O=C(O)C(O)C(O)C(O)CC(O)CO. The minimum Gasteiger partial charge on any atom is -0.479 e. The minimum absolute atomic E-state index is 0.415. The summed E-state index contributed by atoms with van der Waals surface area (Å²) in [6, 6.07) is 0. The summed E-state index contributed by atoms with van der Waals surface area (Å²) in [5.74, 6) is -1.67. The molecule has 0 fully saturated rings.